The zero-order valence-corrected chi connectivity index (χ0v) is 7.23. The first-order valence-electron chi connectivity index (χ1n) is 3.90. The summed E-state index contributed by atoms with van der Waals surface area (Å²) < 4.78 is 5.24. The van der Waals surface area contributed by atoms with Crippen LogP contribution >= 0.6 is 0 Å². The van der Waals surface area contributed by atoms with E-state index in [9.17, 15) is 0 Å². The van der Waals surface area contributed by atoms with Crippen molar-refractivity contribution in [1.29, 1.82) is 0 Å². The Morgan fingerprint density at radius 3 is 2.82 bits per heavy atom. The van der Waals surface area contributed by atoms with Crippen molar-refractivity contribution < 1.29 is 4.74 Å². The van der Waals surface area contributed by atoms with Crippen molar-refractivity contribution in [2.24, 2.45) is 5.73 Å². The molecule has 3 N–H and O–H groups in total. The first-order chi connectivity index (χ1) is 5.27. The third kappa shape index (κ3) is 9.62. The third-order valence-electron chi connectivity index (χ3n) is 1.09. The van der Waals surface area contributed by atoms with Crippen LogP contribution in [-0.2, 0) is 4.74 Å². The van der Waals surface area contributed by atoms with Gasteiger partial charge in [0.2, 0.25) is 0 Å². The van der Waals surface area contributed by atoms with Crippen molar-refractivity contribution in [2.75, 3.05) is 32.8 Å². The van der Waals surface area contributed by atoms with Gasteiger partial charge in [0.25, 0.3) is 0 Å². The van der Waals surface area contributed by atoms with Crippen LogP contribution in [0, 0.1) is 0 Å². The first-order valence-corrected chi connectivity index (χ1v) is 3.90. The lowest BCUT2D eigenvalue weighted by Gasteiger charge is -2.04. The maximum atomic E-state index is 5.27. The van der Waals surface area contributed by atoms with Crippen LogP contribution in [0.4, 0.5) is 0 Å². The van der Waals surface area contributed by atoms with E-state index in [1.165, 1.54) is 0 Å². The van der Waals surface area contributed by atoms with E-state index in [-0.39, 0.29) is 0 Å². The minimum atomic E-state index is 0.657. The smallest absolute Gasteiger partial charge is 0.0672 e. The molecule has 0 saturated heterocycles. The molecular weight excluding hydrogens is 140 g/mol. The Hall–Kier alpha value is -0.380. The largest absolute Gasteiger partial charge is 0.376 e. The third-order valence-corrected chi connectivity index (χ3v) is 1.09. The average molecular weight is 158 g/mol. The van der Waals surface area contributed by atoms with Gasteiger partial charge < -0.3 is 15.8 Å². The predicted octanol–water partition coefficient (Wildman–Crippen LogP) is 0.127. The molecule has 0 saturated carbocycles. The summed E-state index contributed by atoms with van der Waals surface area (Å²) >= 11 is 0. The van der Waals surface area contributed by atoms with Crippen LogP contribution in [0.1, 0.15) is 6.92 Å². The first kappa shape index (κ1) is 10.6. The Bertz CT molecular complexity index is 104. The molecule has 0 unspecified atom stereocenters. The minimum Gasteiger partial charge on any atom is -0.376 e. The summed E-state index contributed by atoms with van der Waals surface area (Å²) in [5, 5.41) is 3.13. The lowest BCUT2D eigenvalue weighted by Crippen LogP contribution is -2.26. The molecule has 0 aromatic carbocycles. The van der Waals surface area contributed by atoms with Gasteiger partial charge in [-0.1, -0.05) is 12.2 Å². The maximum Gasteiger partial charge on any atom is 0.0672 e. The maximum absolute atomic E-state index is 5.27. The highest BCUT2D eigenvalue weighted by molar-refractivity contribution is 4.87. The van der Waals surface area contributed by atoms with Crippen molar-refractivity contribution in [2.45, 2.75) is 6.92 Å². The molecule has 3 heteroatoms. The topological polar surface area (TPSA) is 47.3 Å². The van der Waals surface area contributed by atoms with E-state index in [0.29, 0.717) is 13.2 Å². The summed E-state index contributed by atoms with van der Waals surface area (Å²) in [5.41, 5.74) is 6.33. The number of rotatable bonds is 7. The fraction of sp³-hybridized carbons (Fsp3) is 0.750. The van der Waals surface area contributed by atoms with Crippen molar-refractivity contribution in [3.63, 3.8) is 0 Å². The van der Waals surface area contributed by atoms with Gasteiger partial charge in [-0.05, 0) is 6.92 Å². The predicted molar refractivity (Wildman–Crippen MR) is 47.6 cm³/mol. The Labute approximate surface area is 68.6 Å². The molecule has 0 atom stereocenters. The summed E-state index contributed by atoms with van der Waals surface area (Å²) in [5.74, 6) is 0. The van der Waals surface area contributed by atoms with E-state index in [2.05, 4.69) is 11.9 Å². The Kier molecular flexibility index (Phi) is 7.46. The fourth-order valence-corrected chi connectivity index (χ4v) is 0.618. The van der Waals surface area contributed by atoms with Crippen LogP contribution in [0.15, 0.2) is 12.2 Å². The second-order valence-corrected chi connectivity index (χ2v) is 2.55. The van der Waals surface area contributed by atoms with Gasteiger partial charge in [0.05, 0.1) is 13.2 Å². The molecule has 0 bridgehead atoms. The monoisotopic (exact) mass is 158 g/mol. The van der Waals surface area contributed by atoms with Crippen LogP contribution in [0.5, 0.6) is 0 Å². The van der Waals surface area contributed by atoms with Gasteiger partial charge in [0.1, 0.15) is 0 Å². The Balaban J connectivity index is 2.85. The lowest BCUT2D eigenvalue weighted by molar-refractivity contribution is 0.158. The van der Waals surface area contributed by atoms with E-state index in [4.69, 9.17) is 10.5 Å². The van der Waals surface area contributed by atoms with Gasteiger partial charge in [-0.3, -0.25) is 0 Å². The van der Waals surface area contributed by atoms with Crippen LogP contribution in [0.2, 0.25) is 0 Å². The second kappa shape index (κ2) is 7.72. The van der Waals surface area contributed by atoms with Crippen LogP contribution in [0.3, 0.4) is 0 Å². The van der Waals surface area contributed by atoms with Gasteiger partial charge in [-0.25, -0.2) is 0 Å². The molecule has 0 rings (SSSR count). The van der Waals surface area contributed by atoms with Gasteiger partial charge in [0, 0.05) is 19.6 Å². The molecule has 66 valence electrons. The highest BCUT2D eigenvalue weighted by atomic mass is 16.5. The number of nitrogens with two attached hydrogens (primary N) is 1. The Morgan fingerprint density at radius 1 is 1.55 bits per heavy atom. The highest BCUT2D eigenvalue weighted by Gasteiger charge is 1.87. The van der Waals surface area contributed by atoms with Crippen molar-refractivity contribution in [3.05, 3.63) is 12.2 Å². The lowest BCUT2D eigenvalue weighted by atomic mass is 10.4. The summed E-state index contributed by atoms with van der Waals surface area (Å²) in [6.07, 6.45) is 0. The molecule has 0 aliphatic carbocycles. The van der Waals surface area contributed by atoms with Crippen LogP contribution in [-0.4, -0.2) is 32.8 Å². The molecule has 0 aliphatic rings. The highest BCUT2D eigenvalue weighted by Crippen LogP contribution is 1.86. The van der Waals surface area contributed by atoms with Crippen molar-refractivity contribution in [3.8, 4) is 0 Å². The zero-order chi connectivity index (χ0) is 8.53. The minimum absolute atomic E-state index is 0.657. The summed E-state index contributed by atoms with van der Waals surface area (Å²) in [6, 6.07) is 0. The summed E-state index contributed by atoms with van der Waals surface area (Å²) in [7, 11) is 0. The van der Waals surface area contributed by atoms with Gasteiger partial charge in [0.15, 0.2) is 0 Å². The summed E-state index contributed by atoms with van der Waals surface area (Å²) in [4.78, 5) is 0. The number of ether oxygens (including phenoxy) is 1. The zero-order valence-electron chi connectivity index (χ0n) is 7.23. The SMILES string of the molecule is C=C(C)COCCNCCN. The second-order valence-electron chi connectivity index (χ2n) is 2.55. The normalized spacial score (nSPS) is 10.0. The number of hydrogen-bond donors (Lipinski definition) is 2. The molecule has 0 heterocycles. The molecule has 0 fully saturated rings. The van der Waals surface area contributed by atoms with Gasteiger partial charge in [-0.2, -0.15) is 0 Å². The van der Waals surface area contributed by atoms with Crippen LogP contribution < -0.4 is 11.1 Å². The van der Waals surface area contributed by atoms with E-state index in [1.807, 2.05) is 6.92 Å². The van der Waals surface area contributed by atoms with Crippen molar-refractivity contribution >= 4 is 0 Å². The number of hydrogen-bond acceptors (Lipinski definition) is 3. The average Bonchev–Trinajstić information content (AvgIpc) is 1.96. The molecule has 0 amide bonds. The molecule has 11 heavy (non-hydrogen) atoms. The molecule has 0 radical (unpaired) electrons. The fourth-order valence-electron chi connectivity index (χ4n) is 0.618. The van der Waals surface area contributed by atoms with E-state index in [0.717, 1.165) is 25.3 Å². The molecule has 3 nitrogen and oxygen atoms in total. The standard InChI is InChI=1S/C8H18N2O/c1-8(2)7-11-6-5-10-4-3-9/h10H,1,3-7,9H2,2H3. The van der Waals surface area contributed by atoms with Crippen LogP contribution in [0.25, 0.3) is 0 Å². The Morgan fingerprint density at radius 2 is 2.27 bits per heavy atom. The molecule has 0 aromatic rings. The number of nitrogens with one attached hydrogen (secondary N) is 1. The molecule has 0 spiro atoms. The molecular formula is C8H18N2O. The van der Waals surface area contributed by atoms with Gasteiger partial charge >= 0.3 is 0 Å². The van der Waals surface area contributed by atoms with E-state index >= 15 is 0 Å². The molecule has 0 aliphatic heterocycles. The summed E-state index contributed by atoms with van der Waals surface area (Å²) in [6.45, 7) is 9.47. The van der Waals surface area contributed by atoms with E-state index < -0.39 is 0 Å². The van der Waals surface area contributed by atoms with Gasteiger partial charge in [-0.15, -0.1) is 0 Å². The van der Waals surface area contributed by atoms with E-state index in [1.54, 1.807) is 0 Å². The molecule has 0 aromatic heterocycles. The van der Waals surface area contributed by atoms with Crippen molar-refractivity contribution in [1.82, 2.24) is 5.32 Å². The quantitative estimate of drug-likeness (QED) is 0.409.